The lowest BCUT2D eigenvalue weighted by Crippen LogP contribution is -2.39. The molecule has 6 nitrogen and oxygen atoms in total. The zero-order valence-electron chi connectivity index (χ0n) is 16.0. The number of amides is 1. The normalized spacial score (nSPS) is 12.8. The highest BCUT2D eigenvalue weighted by atomic mass is 35.5. The monoisotopic (exact) mass is 501 g/mol. The summed E-state index contributed by atoms with van der Waals surface area (Å²) >= 11 is 5.51. The number of carbonyl (C=O) groups is 1. The summed E-state index contributed by atoms with van der Waals surface area (Å²) in [7, 11) is -4.20. The Hall–Kier alpha value is -2.80. The van der Waals surface area contributed by atoms with Crippen molar-refractivity contribution in [3.8, 4) is 0 Å². The van der Waals surface area contributed by atoms with Crippen molar-refractivity contribution in [3.05, 3.63) is 64.2 Å². The fourth-order valence-electron chi connectivity index (χ4n) is 2.43. The van der Waals surface area contributed by atoms with Crippen LogP contribution >= 0.6 is 11.6 Å². The lowest BCUT2D eigenvalue weighted by Gasteiger charge is -2.22. The van der Waals surface area contributed by atoms with Gasteiger partial charge in [-0.05, 0) is 35.9 Å². The van der Waals surface area contributed by atoms with E-state index in [1.165, 1.54) is 6.07 Å². The molecular formula is C18H14ClF6N3O3S. The average molecular weight is 502 g/mol. The summed E-state index contributed by atoms with van der Waals surface area (Å²) < 4.78 is 102. The molecule has 0 bridgehead atoms. The van der Waals surface area contributed by atoms with Crippen molar-refractivity contribution in [3.63, 3.8) is 0 Å². The number of rotatable bonds is 6. The van der Waals surface area contributed by atoms with Crippen LogP contribution in [0.2, 0.25) is 5.02 Å². The molecule has 32 heavy (non-hydrogen) atoms. The largest absolute Gasteiger partial charge is 0.417 e. The van der Waals surface area contributed by atoms with Gasteiger partial charge in [-0.3, -0.25) is 9.10 Å². The Morgan fingerprint density at radius 3 is 2.31 bits per heavy atom. The maximum Gasteiger partial charge on any atom is 0.417 e. The van der Waals surface area contributed by atoms with Gasteiger partial charge in [0.2, 0.25) is 10.0 Å². The molecule has 0 aromatic heterocycles. The van der Waals surface area contributed by atoms with E-state index >= 15 is 0 Å². The van der Waals surface area contributed by atoms with E-state index < -0.39 is 56.7 Å². The lowest BCUT2D eigenvalue weighted by molar-refractivity contribution is -0.138. The molecule has 0 atom stereocenters. The molecular weight excluding hydrogens is 488 g/mol. The van der Waals surface area contributed by atoms with Crippen LogP contribution in [-0.2, 0) is 27.2 Å². The molecule has 0 saturated carbocycles. The van der Waals surface area contributed by atoms with Crippen LogP contribution in [0.1, 0.15) is 16.7 Å². The van der Waals surface area contributed by atoms with Crippen LogP contribution in [0.4, 0.5) is 32.0 Å². The second kappa shape index (κ2) is 9.36. The number of benzene rings is 2. The van der Waals surface area contributed by atoms with Crippen molar-refractivity contribution in [1.29, 1.82) is 0 Å². The first-order valence-electron chi connectivity index (χ1n) is 8.42. The summed E-state index contributed by atoms with van der Waals surface area (Å²) in [4.78, 5) is 12.1. The summed E-state index contributed by atoms with van der Waals surface area (Å²) in [5.41, 5.74) is -0.808. The molecule has 0 aliphatic heterocycles. The number of halogens is 7. The molecule has 0 heterocycles. The first kappa shape index (κ1) is 25.5. The quantitative estimate of drug-likeness (QED) is 0.364. The molecule has 0 fully saturated rings. The molecule has 2 aromatic carbocycles. The minimum Gasteiger partial charge on any atom is -0.271 e. The van der Waals surface area contributed by atoms with Gasteiger partial charge in [-0.15, -0.1) is 0 Å². The standard InChI is InChI=1S/C18H14ClF6N3O3S/c1-32(30,31)28(13-5-6-15(19)14(8-13)18(23,24)25)10-16(29)27-26-9-11-3-2-4-12(7-11)17(20,21)22/h2-9H,10H2,1H3,(H,27,29)/b26-9-. The van der Waals surface area contributed by atoms with Gasteiger partial charge in [-0.25, -0.2) is 13.8 Å². The number of nitrogens with zero attached hydrogens (tertiary/aromatic N) is 2. The summed E-state index contributed by atoms with van der Waals surface area (Å²) in [6.07, 6.45) is -7.89. The molecule has 0 saturated heterocycles. The minimum atomic E-state index is -4.87. The molecule has 1 amide bonds. The number of hydrogen-bond acceptors (Lipinski definition) is 4. The molecule has 14 heteroatoms. The zero-order valence-corrected chi connectivity index (χ0v) is 17.6. The Kier molecular flexibility index (Phi) is 7.45. The Bertz CT molecular complexity index is 1130. The fourth-order valence-corrected chi connectivity index (χ4v) is 3.50. The lowest BCUT2D eigenvalue weighted by atomic mass is 10.1. The van der Waals surface area contributed by atoms with Crippen LogP contribution in [0.5, 0.6) is 0 Å². The number of nitrogens with one attached hydrogen (secondary N) is 1. The SMILES string of the molecule is CS(=O)(=O)N(CC(=O)N/N=C\c1cccc(C(F)(F)F)c1)c1ccc(Cl)c(C(F)(F)F)c1. The van der Waals surface area contributed by atoms with Gasteiger partial charge < -0.3 is 0 Å². The first-order valence-corrected chi connectivity index (χ1v) is 10.7. The van der Waals surface area contributed by atoms with Gasteiger partial charge in [-0.1, -0.05) is 23.7 Å². The van der Waals surface area contributed by atoms with E-state index in [1.807, 2.05) is 5.43 Å². The second-order valence-corrected chi connectivity index (χ2v) is 8.66. The van der Waals surface area contributed by atoms with E-state index in [9.17, 15) is 39.6 Å². The number of anilines is 1. The van der Waals surface area contributed by atoms with Gasteiger partial charge in [0, 0.05) is 0 Å². The molecule has 0 aliphatic rings. The molecule has 0 aliphatic carbocycles. The van der Waals surface area contributed by atoms with Crippen molar-refractivity contribution in [1.82, 2.24) is 5.43 Å². The fraction of sp³-hybridized carbons (Fsp3) is 0.222. The Morgan fingerprint density at radius 2 is 1.75 bits per heavy atom. The van der Waals surface area contributed by atoms with E-state index in [2.05, 4.69) is 5.10 Å². The molecule has 174 valence electrons. The smallest absolute Gasteiger partial charge is 0.271 e. The van der Waals surface area contributed by atoms with Crippen molar-refractivity contribution >= 4 is 39.4 Å². The summed E-state index contributed by atoms with van der Waals surface area (Å²) in [5.74, 6) is -1.05. The molecule has 2 aromatic rings. The van der Waals surface area contributed by atoms with Gasteiger partial charge in [0.1, 0.15) is 6.54 Å². The number of sulfonamides is 1. The van der Waals surface area contributed by atoms with Crippen LogP contribution in [0.15, 0.2) is 47.6 Å². The van der Waals surface area contributed by atoms with Gasteiger partial charge in [0.05, 0.1) is 34.3 Å². The summed E-state index contributed by atoms with van der Waals surface area (Å²) in [6.45, 7) is -0.947. The van der Waals surface area contributed by atoms with Crippen LogP contribution in [0.3, 0.4) is 0 Å². The highest BCUT2D eigenvalue weighted by Crippen LogP contribution is 2.37. The van der Waals surface area contributed by atoms with Crippen molar-refractivity contribution in [2.45, 2.75) is 12.4 Å². The maximum absolute atomic E-state index is 13.1. The van der Waals surface area contributed by atoms with Crippen molar-refractivity contribution < 1.29 is 39.6 Å². The maximum atomic E-state index is 13.1. The molecule has 0 unspecified atom stereocenters. The Labute approximate surface area is 183 Å². The number of hydrazone groups is 1. The Balaban J connectivity index is 2.20. The highest BCUT2D eigenvalue weighted by Gasteiger charge is 2.34. The van der Waals surface area contributed by atoms with Crippen molar-refractivity contribution in [2.24, 2.45) is 5.10 Å². The first-order chi connectivity index (χ1) is 14.6. The van der Waals surface area contributed by atoms with Gasteiger partial charge in [-0.2, -0.15) is 31.4 Å². The van der Waals surface area contributed by atoms with Gasteiger partial charge in [0.25, 0.3) is 5.91 Å². The van der Waals surface area contributed by atoms with Crippen LogP contribution < -0.4 is 9.73 Å². The van der Waals surface area contributed by atoms with Crippen LogP contribution in [-0.4, -0.2) is 33.3 Å². The molecule has 0 spiro atoms. The predicted octanol–water partition coefficient (Wildman–Crippen LogP) is 4.29. The third kappa shape index (κ3) is 6.85. The van der Waals surface area contributed by atoms with Gasteiger partial charge in [0.15, 0.2) is 0 Å². The predicted molar refractivity (Wildman–Crippen MR) is 106 cm³/mol. The summed E-state index contributed by atoms with van der Waals surface area (Å²) in [6, 6.07) is 6.30. The number of carbonyl (C=O) groups excluding carboxylic acids is 1. The van der Waals surface area contributed by atoms with Crippen molar-refractivity contribution in [2.75, 3.05) is 17.1 Å². The van der Waals surface area contributed by atoms with Gasteiger partial charge >= 0.3 is 12.4 Å². The topological polar surface area (TPSA) is 78.8 Å². The third-order valence-electron chi connectivity index (χ3n) is 3.85. The van der Waals surface area contributed by atoms with E-state index in [0.717, 1.165) is 36.5 Å². The third-order valence-corrected chi connectivity index (χ3v) is 5.32. The van der Waals surface area contributed by atoms with Crippen LogP contribution in [0, 0.1) is 0 Å². The highest BCUT2D eigenvalue weighted by molar-refractivity contribution is 7.92. The molecule has 2 rings (SSSR count). The summed E-state index contributed by atoms with van der Waals surface area (Å²) in [5, 5.41) is 2.79. The molecule has 0 radical (unpaired) electrons. The van der Waals surface area contributed by atoms with E-state index in [-0.39, 0.29) is 5.56 Å². The Morgan fingerprint density at radius 1 is 1.09 bits per heavy atom. The van der Waals surface area contributed by atoms with E-state index in [4.69, 9.17) is 11.6 Å². The zero-order chi connectivity index (χ0) is 24.3. The van der Waals surface area contributed by atoms with E-state index in [0.29, 0.717) is 16.6 Å². The van der Waals surface area contributed by atoms with E-state index in [1.54, 1.807) is 0 Å². The number of hydrogen-bond donors (Lipinski definition) is 1. The average Bonchev–Trinajstić information content (AvgIpc) is 2.64. The van der Waals surface area contributed by atoms with Crippen LogP contribution in [0.25, 0.3) is 0 Å². The minimum absolute atomic E-state index is 0.00684. The second-order valence-electron chi connectivity index (χ2n) is 6.35. The molecule has 1 N–H and O–H groups in total. The number of alkyl halides is 6.